The summed E-state index contributed by atoms with van der Waals surface area (Å²) < 4.78 is 35.7. The molecule has 0 saturated carbocycles. The summed E-state index contributed by atoms with van der Waals surface area (Å²) >= 11 is 0.915. The van der Waals surface area contributed by atoms with Crippen LogP contribution >= 0.6 is 11.3 Å². The zero-order valence-electron chi connectivity index (χ0n) is 11.3. The van der Waals surface area contributed by atoms with E-state index in [0.717, 1.165) is 22.1 Å². The number of rotatable bonds is 2. The Labute approximate surface area is 135 Å². The number of hydrogen-bond donors (Lipinski definition) is 1. The van der Waals surface area contributed by atoms with Crippen molar-refractivity contribution in [1.29, 1.82) is 0 Å². The molecule has 0 unspecified atom stereocenters. The van der Waals surface area contributed by atoms with Crippen LogP contribution in [0.1, 0.15) is 9.67 Å². The Balaban J connectivity index is 0.000000338. The number of pyridine rings is 1. The van der Waals surface area contributed by atoms with Crippen LogP contribution in [0.5, 0.6) is 0 Å². The van der Waals surface area contributed by atoms with Crippen molar-refractivity contribution >= 4 is 28.4 Å². The number of nitrogens with one attached hydrogen (secondary N) is 1. The molecule has 3 aromatic rings. The summed E-state index contributed by atoms with van der Waals surface area (Å²) in [5.41, 5.74) is 0. The van der Waals surface area contributed by atoms with E-state index in [1.54, 1.807) is 4.57 Å². The van der Waals surface area contributed by atoms with E-state index in [-0.39, 0.29) is 4.87 Å². The lowest BCUT2D eigenvalue weighted by molar-refractivity contribution is -2.00. The first-order chi connectivity index (χ1) is 10.8. The van der Waals surface area contributed by atoms with E-state index in [9.17, 15) is 9.59 Å². The minimum atomic E-state index is -4.94. The number of nitrogens with zero attached hydrogens (tertiary/aromatic N) is 1. The smallest absolute Gasteiger partial charge is 0.297 e. The maximum Gasteiger partial charge on any atom is 0.390 e. The minimum Gasteiger partial charge on any atom is -0.297 e. The Morgan fingerprint density at radius 1 is 1.09 bits per heavy atom. The molecule has 120 valence electrons. The van der Waals surface area contributed by atoms with Crippen LogP contribution in [0.3, 0.4) is 0 Å². The van der Waals surface area contributed by atoms with Gasteiger partial charge in [0.1, 0.15) is 6.20 Å². The van der Waals surface area contributed by atoms with Gasteiger partial charge in [-0.1, -0.05) is 24.3 Å². The van der Waals surface area contributed by atoms with Crippen LogP contribution < -0.4 is 28.1 Å². The first-order valence-corrected chi connectivity index (χ1v) is 8.03. The molecule has 23 heavy (non-hydrogen) atoms. The number of hydrogen-bond acceptors (Lipinski definition) is 7. The van der Waals surface area contributed by atoms with Crippen LogP contribution in [-0.2, 0) is 0 Å². The second kappa shape index (κ2) is 6.96. The SMILES string of the molecule is O=Cc1sc(=O)[nH]c1-[n+]1ccc2ccccc2c1.[O-][Cl+3]([O-])([O-])[O-]. The maximum absolute atomic E-state index is 11.3. The summed E-state index contributed by atoms with van der Waals surface area (Å²) in [6, 6.07) is 9.85. The molecule has 2 aromatic heterocycles. The van der Waals surface area contributed by atoms with Gasteiger partial charge in [0.2, 0.25) is 0 Å². The second-order valence-corrected chi connectivity index (χ2v) is 5.97. The monoisotopic (exact) mass is 356 g/mol. The van der Waals surface area contributed by atoms with Crippen LogP contribution in [0, 0.1) is 10.2 Å². The van der Waals surface area contributed by atoms with E-state index < -0.39 is 10.2 Å². The Morgan fingerprint density at radius 3 is 2.30 bits per heavy atom. The molecule has 0 fully saturated rings. The van der Waals surface area contributed by atoms with Crippen molar-refractivity contribution in [2.24, 2.45) is 0 Å². The van der Waals surface area contributed by atoms with E-state index in [4.69, 9.17) is 18.6 Å². The van der Waals surface area contributed by atoms with Crippen molar-refractivity contribution < 1.29 is 38.2 Å². The van der Waals surface area contributed by atoms with Gasteiger partial charge >= 0.3 is 10.7 Å². The fourth-order valence-electron chi connectivity index (χ4n) is 1.88. The lowest BCUT2D eigenvalue weighted by Crippen LogP contribution is -2.68. The summed E-state index contributed by atoms with van der Waals surface area (Å²) in [4.78, 5) is 25.1. The Hall–Kier alpha value is -2.14. The maximum atomic E-state index is 11.3. The summed E-state index contributed by atoms with van der Waals surface area (Å²) in [6.07, 6.45) is 4.41. The van der Waals surface area contributed by atoms with Crippen LogP contribution in [-0.4, -0.2) is 11.3 Å². The Bertz CT molecular complexity index is 880. The van der Waals surface area contributed by atoms with Crippen LogP contribution in [0.25, 0.3) is 16.6 Å². The second-order valence-electron chi connectivity index (χ2n) is 4.20. The highest BCUT2D eigenvalue weighted by atomic mass is 35.7. The normalized spacial score (nSPS) is 11.0. The third kappa shape index (κ3) is 4.93. The molecule has 0 spiro atoms. The molecular formula is C13H9ClN2O6S. The fourth-order valence-corrected chi connectivity index (χ4v) is 2.53. The number of aromatic nitrogens is 2. The number of aldehydes is 1. The molecule has 0 aliphatic heterocycles. The molecule has 0 aliphatic rings. The van der Waals surface area contributed by atoms with Crippen LogP contribution in [0.15, 0.2) is 47.5 Å². The van der Waals surface area contributed by atoms with Gasteiger partial charge in [-0.2, -0.15) is 4.98 Å². The van der Waals surface area contributed by atoms with Crippen molar-refractivity contribution in [2.75, 3.05) is 0 Å². The molecular weight excluding hydrogens is 348 g/mol. The number of halogens is 1. The van der Waals surface area contributed by atoms with Crippen molar-refractivity contribution in [1.82, 2.24) is 4.98 Å². The van der Waals surface area contributed by atoms with E-state index in [1.807, 2.05) is 42.7 Å². The molecule has 8 nitrogen and oxygen atoms in total. The van der Waals surface area contributed by atoms with E-state index >= 15 is 0 Å². The lowest BCUT2D eigenvalue weighted by Gasteiger charge is -2.17. The average molecular weight is 357 g/mol. The quantitative estimate of drug-likeness (QED) is 0.380. The number of carbonyl (C=O) groups excluding carboxylic acids is 1. The van der Waals surface area contributed by atoms with Crippen LogP contribution in [0.2, 0.25) is 0 Å². The molecule has 0 saturated heterocycles. The number of carbonyl (C=O) groups is 1. The van der Waals surface area contributed by atoms with Gasteiger partial charge < -0.3 is 0 Å². The number of aromatic amines is 1. The van der Waals surface area contributed by atoms with Crippen molar-refractivity contribution in [3.05, 3.63) is 57.3 Å². The predicted molar refractivity (Wildman–Crippen MR) is 69.4 cm³/mol. The number of benzene rings is 1. The van der Waals surface area contributed by atoms with Gasteiger partial charge in [0.15, 0.2) is 11.2 Å². The van der Waals surface area contributed by atoms with Gasteiger partial charge in [-0.3, -0.25) is 4.79 Å². The highest BCUT2D eigenvalue weighted by Crippen LogP contribution is 2.12. The molecule has 1 N–H and O–H groups in total. The molecule has 0 aliphatic carbocycles. The predicted octanol–water partition coefficient (Wildman–Crippen LogP) is -3.08. The largest absolute Gasteiger partial charge is 0.390 e. The highest BCUT2D eigenvalue weighted by Gasteiger charge is 2.16. The zero-order valence-corrected chi connectivity index (χ0v) is 12.9. The van der Waals surface area contributed by atoms with Gasteiger partial charge in [0.25, 0.3) is 0 Å². The topological polar surface area (TPSA) is 146 Å². The molecule has 1 aromatic carbocycles. The number of fused-ring (bicyclic) bond motifs is 1. The van der Waals surface area contributed by atoms with Gasteiger partial charge in [-0.25, -0.2) is 28.0 Å². The summed E-state index contributed by atoms with van der Waals surface area (Å²) in [5, 5.41) is 2.16. The summed E-state index contributed by atoms with van der Waals surface area (Å²) in [7, 11) is -4.94. The van der Waals surface area contributed by atoms with Gasteiger partial charge in [0.05, 0.1) is 6.20 Å². The number of H-pyrrole nitrogens is 1. The van der Waals surface area contributed by atoms with E-state index in [0.29, 0.717) is 17.0 Å². The van der Waals surface area contributed by atoms with Crippen molar-refractivity contribution in [3.8, 4) is 5.82 Å². The third-order valence-corrected chi connectivity index (χ3v) is 3.51. The van der Waals surface area contributed by atoms with Crippen molar-refractivity contribution in [2.45, 2.75) is 0 Å². The molecule has 2 heterocycles. The van der Waals surface area contributed by atoms with Crippen molar-refractivity contribution in [3.63, 3.8) is 0 Å². The zero-order chi connectivity index (χ0) is 17.0. The summed E-state index contributed by atoms with van der Waals surface area (Å²) in [6.45, 7) is 0. The summed E-state index contributed by atoms with van der Waals surface area (Å²) in [5.74, 6) is 0.519. The molecule has 0 radical (unpaired) electrons. The Morgan fingerprint density at radius 2 is 1.70 bits per heavy atom. The molecule has 3 rings (SSSR count). The van der Waals surface area contributed by atoms with Gasteiger partial charge in [0, 0.05) is 5.39 Å². The average Bonchev–Trinajstić information content (AvgIpc) is 2.86. The third-order valence-electron chi connectivity index (χ3n) is 2.71. The van der Waals surface area contributed by atoms with Crippen LogP contribution in [0.4, 0.5) is 0 Å². The highest BCUT2D eigenvalue weighted by molar-refractivity contribution is 7.11. The Kier molecular flexibility index (Phi) is 5.21. The molecule has 10 heteroatoms. The van der Waals surface area contributed by atoms with Gasteiger partial charge in [-0.15, -0.1) is 10.2 Å². The first kappa shape index (κ1) is 17.2. The van der Waals surface area contributed by atoms with E-state index in [1.165, 1.54) is 0 Å². The molecule has 0 atom stereocenters. The molecule has 0 amide bonds. The van der Waals surface area contributed by atoms with E-state index in [2.05, 4.69) is 4.98 Å². The minimum absolute atomic E-state index is 0.229. The first-order valence-electron chi connectivity index (χ1n) is 5.98. The number of thiazole rings is 1. The molecule has 0 bridgehead atoms. The van der Waals surface area contributed by atoms with Gasteiger partial charge in [-0.05, 0) is 22.8 Å². The fraction of sp³-hybridized carbons (Fsp3) is 0. The lowest BCUT2D eigenvalue weighted by atomic mass is 10.2. The standard InChI is InChI=1S/C13H8N2O2S.ClHO4/c16-8-11-12(14-13(17)18-11)15-6-5-9-3-1-2-4-10(9)7-15;2-1(3,4)5/h1-8H;(H,2,3,4,5).